The zero-order chi connectivity index (χ0) is 22.8. The molecule has 172 valence electrons. The predicted molar refractivity (Wildman–Crippen MR) is 126 cm³/mol. The van der Waals surface area contributed by atoms with Crippen molar-refractivity contribution >= 4 is 34.5 Å². The number of nitrogens with zero attached hydrogens (tertiary/aromatic N) is 4. The number of rotatable bonds is 13. The van der Waals surface area contributed by atoms with E-state index in [0.717, 1.165) is 33.9 Å². The van der Waals surface area contributed by atoms with E-state index in [1.165, 1.54) is 0 Å². The highest BCUT2D eigenvalue weighted by Crippen LogP contribution is 2.24. The zero-order valence-electron chi connectivity index (χ0n) is 18.8. The van der Waals surface area contributed by atoms with Crippen LogP contribution in [-0.2, 0) is 22.5 Å². The van der Waals surface area contributed by atoms with E-state index in [2.05, 4.69) is 32.6 Å². The van der Waals surface area contributed by atoms with Gasteiger partial charge in [0.05, 0.1) is 37.8 Å². The first-order chi connectivity index (χ1) is 15.6. The van der Waals surface area contributed by atoms with E-state index in [9.17, 15) is 4.79 Å². The highest BCUT2D eigenvalue weighted by Gasteiger charge is 2.13. The fourth-order valence-corrected chi connectivity index (χ4v) is 3.68. The van der Waals surface area contributed by atoms with Crippen LogP contribution in [0.3, 0.4) is 0 Å². The number of ether oxygens (including phenoxy) is 2. The summed E-state index contributed by atoms with van der Waals surface area (Å²) in [6.07, 6.45) is 2.08. The van der Waals surface area contributed by atoms with Crippen LogP contribution >= 0.6 is 11.8 Å². The van der Waals surface area contributed by atoms with Crippen molar-refractivity contribution in [2.75, 3.05) is 44.5 Å². The van der Waals surface area contributed by atoms with Gasteiger partial charge in [-0.1, -0.05) is 30.8 Å². The molecule has 2 N–H and O–H groups in total. The molecule has 3 rings (SSSR count). The third-order valence-corrected chi connectivity index (χ3v) is 5.32. The number of carbonyl (C=O) groups excluding carboxylic acids is 1. The van der Waals surface area contributed by atoms with Gasteiger partial charge in [0.25, 0.3) is 0 Å². The van der Waals surface area contributed by atoms with Gasteiger partial charge in [-0.05, 0) is 30.4 Å². The highest BCUT2D eigenvalue weighted by molar-refractivity contribution is 7.99. The molecule has 0 spiro atoms. The first kappa shape index (κ1) is 23.8. The Balaban J connectivity index is 1.60. The van der Waals surface area contributed by atoms with Crippen molar-refractivity contribution in [2.24, 2.45) is 0 Å². The summed E-state index contributed by atoms with van der Waals surface area (Å²) in [4.78, 5) is 21.6. The molecular formula is C22H30N6O3S. The maximum atomic E-state index is 12.3. The lowest BCUT2D eigenvalue weighted by atomic mass is 10.1. The first-order valence-electron chi connectivity index (χ1n) is 10.7. The normalized spacial score (nSPS) is 11.0. The number of hydrogen-bond donors (Lipinski definition) is 2. The molecule has 9 nitrogen and oxygen atoms in total. The third kappa shape index (κ3) is 6.57. The van der Waals surface area contributed by atoms with Crippen molar-refractivity contribution < 1.29 is 14.3 Å². The maximum Gasteiger partial charge on any atom is 0.224 e. The van der Waals surface area contributed by atoms with Crippen molar-refractivity contribution in [1.82, 2.24) is 25.1 Å². The minimum Gasteiger partial charge on any atom is -0.494 e. The molecule has 0 fully saturated rings. The molecule has 2 heterocycles. The Bertz CT molecular complexity index is 1010. The van der Waals surface area contributed by atoms with Crippen molar-refractivity contribution in [2.45, 2.75) is 32.0 Å². The lowest BCUT2D eigenvalue weighted by molar-refractivity contribution is -0.120. The van der Waals surface area contributed by atoms with Gasteiger partial charge in [0.1, 0.15) is 11.6 Å². The second-order valence-corrected chi connectivity index (χ2v) is 8.15. The largest absolute Gasteiger partial charge is 0.494 e. The molecule has 3 aromatic rings. The molecule has 0 aliphatic heterocycles. The van der Waals surface area contributed by atoms with E-state index < -0.39 is 0 Å². The summed E-state index contributed by atoms with van der Waals surface area (Å²) in [5.74, 6) is 2.39. The number of fused-ring (bicyclic) bond motifs is 1. The Morgan fingerprint density at radius 1 is 1.16 bits per heavy atom. The number of thioether (sulfide) groups is 1. The topological polar surface area (TPSA) is 103 Å². The van der Waals surface area contributed by atoms with Crippen LogP contribution in [0.4, 0.5) is 5.82 Å². The van der Waals surface area contributed by atoms with Crippen molar-refractivity contribution in [3.63, 3.8) is 0 Å². The van der Waals surface area contributed by atoms with Crippen LogP contribution in [0, 0.1) is 0 Å². The third-order valence-electron chi connectivity index (χ3n) is 4.59. The molecule has 0 saturated heterocycles. The van der Waals surface area contributed by atoms with Crippen molar-refractivity contribution in [3.05, 3.63) is 36.0 Å². The molecule has 0 aliphatic carbocycles. The smallest absolute Gasteiger partial charge is 0.224 e. The summed E-state index contributed by atoms with van der Waals surface area (Å²) in [5.41, 5.74) is 1.69. The lowest BCUT2D eigenvalue weighted by Gasteiger charge is -2.10. The van der Waals surface area contributed by atoms with Crippen LogP contribution in [0.25, 0.3) is 11.0 Å². The molecule has 0 bridgehead atoms. The van der Waals surface area contributed by atoms with Gasteiger partial charge < -0.3 is 20.1 Å². The van der Waals surface area contributed by atoms with E-state index >= 15 is 0 Å². The Kier molecular flexibility index (Phi) is 9.12. The molecule has 1 amide bonds. The quantitative estimate of drug-likeness (QED) is 0.229. The molecule has 0 aliphatic rings. The number of amides is 1. The first-order valence-corrected chi connectivity index (χ1v) is 11.7. The summed E-state index contributed by atoms with van der Waals surface area (Å²) in [7, 11) is 1.66. The van der Waals surface area contributed by atoms with Gasteiger partial charge in [-0.2, -0.15) is 5.10 Å². The maximum absolute atomic E-state index is 12.3. The zero-order valence-corrected chi connectivity index (χ0v) is 19.6. The van der Waals surface area contributed by atoms with Gasteiger partial charge >= 0.3 is 0 Å². The number of benzene rings is 1. The summed E-state index contributed by atoms with van der Waals surface area (Å²) in [6.45, 7) is 6.83. The fourth-order valence-electron chi connectivity index (χ4n) is 3.12. The molecule has 0 unspecified atom stereocenters. The van der Waals surface area contributed by atoms with Crippen LogP contribution in [0.15, 0.2) is 35.6 Å². The van der Waals surface area contributed by atoms with Crippen LogP contribution in [0.2, 0.25) is 0 Å². The highest BCUT2D eigenvalue weighted by atomic mass is 32.2. The minimum atomic E-state index is -0.0376. The Labute approximate surface area is 192 Å². The number of nitrogens with one attached hydrogen (secondary N) is 2. The van der Waals surface area contributed by atoms with E-state index in [-0.39, 0.29) is 5.91 Å². The van der Waals surface area contributed by atoms with Gasteiger partial charge in [-0.15, -0.1) is 0 Å². The summed E-state index contributed by atoms with van der Waals surface area (Å²) < 4.78 is 12.3. The van der Waals surface area contributed by atoms with Gasteiger partial charge in [0.15, 0.2) is 10.8 Å². The number of methoxy groups -OCH3 is 1. The predicted octanol–water partition coefficient (Wildman–Crippen LogP) is 2.75. The van der Waals surface area contributed by atoms with E-state index in [0.29, 0.717) is 44.4 Å². The van der Waals surface area contributed by atoms with E-state index in [1.54, 1.807) is 29.8 Å². The molecule has 10 heteroatoms. The summed E-state index contributed by atoms with van der Waals surface area (Å²) >= 11 is 1.58. The molecule has 0 saturated carbocycles. The van der Waals surface area contributed by atoms with Crippen LogP contribution in [0.1, 0.15) is 19.4 Å². The second-order valence-electron chi connectivity index (χ2n) is 6.92. The standard InChI is InChI=1S/C22H30N6O3S/c1-4-31-17-8-6-16(7-9-17)14-19(29)23-10-12-28-21-18(15-25-28)20(24-11-13-30-3)26-22(27-21)32-5-2/h6-9,15H,4-5,10-14H2,1-3H3,(H,23,29)(H,24,26,27). The van der Waals surface area contributed by atoms with Crippen LogP contribution in [0.5, 0.6) is 5.75 Å². The summed E-state index contributed by atoms with van der Waals surface area (Å²) in [5, 5.41) is 12.3. The Morgan fingerprint density at radius 2 is 1.97 bits per heavy atom. The molecular weight excluding hydrogens is 428 g/mol. The molecule has 32 heavy (non-hydrogen) atoms. The second kappa shape index (κ2) is 12.3. The Hall–Kier alpha value is -2.85. The summed E-state index contributed by atoms with van der Waals surface area (Å²) in [6, 6.07) is 7.58. The minimum absolute atomic E-state index is 0.0376. The average Bonchev–Trinajstić information content (AvgIpc) is 3.19. The molecule has 0 radical (unpaired) electrons. The van der Waals surface area contributed by atoms with Crippen LogP contribution < -0.4 is 15.4 Å². The number of anilines is 1. The van der Waals surface area contributed by atoms with Gasteiger partial charge in [0, 0.05) is 20.2 Å². The van der Waals surface area contributed by atoms with Gasteiger partial charge in [-0.3, -0.25) is 4.79 Å². The van der Waals surface area contributed by atoms with E-state index in [1.807, 2.05) is 31.2 Å². The Morgan fingerprint density at radius 3 is 2.69 bits per heavy atom. The molecule has 0 atom stereocenters. The van der Waals surface area contributed by atoms with E-state index in [4.69, 9.17) is 9.47 Å². The average molecular weight is 459 g/mol. The van der Waals surface area contributed by atoms with Crippen molar-refractivity contribution in [1.29, 1.82) is 0 Å². The van der Waals surface area contributed by atoms with Gasteiger partial charge in [0.2, 0.25) is 5.91 Å². The lowest BCUT2D eigenvalue weighted by Crippen LogP contribution is -2.28. The number of hydrogen-bond acceptors (Lipinski definition) is 8. The van der Waals surface area contributed by atoms with Gasteiger partial charge in [-0.25, -0.2) is 14.6 Å². The SMILES string of the molecule is CCOc1ccc(CC(=O)NCCn2ncc3c(NCCOC)nc(SCC)nc32)cc1. The van der Waals surface area contributed by atoms with Crippen molar-refractivity contribution in [3.8, 4) is 5.75 Å². The molecule has 1 aromatic carbocycles. The number of carbonyl (C=O) groups is 1. The monoisotopic (exact) mass is 458 g/mol. The fraction of sp³-hybridized carbons (Fsp3) is 0.455. The van der Waals surface area contributed by atoms with Crippen LogP contribution in [-0.4, -0.2) is 64.8 Å². The number of aromatic nitrogens is 4. The molecule has 2 aromatic heterocycles.